The van der Waals surface area contributed by atoms with Gasteiger partial charge in [0, 0.05) is 19.2 Å². The van der Waals surface area contributed by atoms with E-state index in [1.165, 1.54) is 10.7 Å². The third-order valence-corrected chi connectivity index (χ3v) is 4.29. The van der Waals surface area contributed by atoms with Crippen LogP contribution in [0.1, 0.15) is 35.8 Å². The highest BCUT2D eigenvalue weighted by Gasteiger charge is 2.21. The maximum atomic E-state index is 12.6. The number of rotatable bonds is 6. The molecule has 0 bridgehead atoms. The van der Waals surface area contributed by atoms with Crippen molar-refractivity contribution in [3.8, 4) is 5.69 Å². The monoisotopic (exact) mass is 357 g/mol. The lowest BCUT2D eigenvalue weighted by molar-refractivity contribution is 0.0518. The lowest BCUT2D eigenvalue weighted by Crippen LogP contribution is -2.28. The molecule has 0 amide bonds. The first kappa shape index (κ1) is 18.1. The first-order chi connectivity index (χ1) is 12.6. The van der Waals surface area contributed by atoms with Crippen molar-refractivity contribution in [2.75, 3.05) is 25.1 Å². The normalized spacial score (nSPS) is 16.5. The Balaban J connectivity index is 1.98. The largest absolute Gasteiger partial charge is 0.461 e. The minimum atomic E-state index is -0.565. The Morgan fingerprint density at radius 2 is 2.23 bits per heavy atom. The molecule has 1 saturated heterocycles. The van der Waals surface area contributed by atoms with Crippen molar-refractivity contribution in [3.63, 3.8) is 0 Å². The van der Waals surface area contributed by atoms with Crippen molar-refractivity contribution in [1.82, 2.24) is 9.78 Å². The molecule has 0 spiro atoms. The molecule has 138 valence electrons. The van der Waals surface area contributed by atoms with Crippen molar-refractivity contribution in [3.05, 3.63) is 51.9 Å². The van der Waals surface area contributed by atoms with E-state index >= 15 is 0 Å². The topological polar surface area (TPSA) is 82.5 Å². The van der Waals surface area contributed by atoms with Gasteiger partial charge in [0.1, 0.15) is 0 Å². The van der Waals surface area contributed by atoms with Crippen molar-refractivity contribution in [1.29, 1.82) is 0 Å². The molecule has 1 aliphatic heterocycles. The molecule has 1 N–H and O–H groups in total. The van der Waals surface area contributed by atoms with Gasteiger partial charge in [-0.15, -0.1) is 0 Å². The fraction of sp³-hybridized carbons (Fsp3) is 0.421. The van der Waals surface area contributed by atoms with Crippen LogP contribution in [-0.4, -0.2) is 41.6 Å². The van der Waals surface area contributed by atoms with Gasteiger partial charge in [-0.3, -0.25) is 4.79 Å². The van der Waals surface area contributed by atoms with Crippen LogP contribution < -0.4 is 10.9 Å². The van der Waals surface area contributed by atoms with Gasteiger partial charge in [0.15, 0.2) is 5.69 Å². The van der Waals surface area contributed by atoms with Crippen molar-refractivity contribution < 1.29 is 14.3 Å². The average Bonchev–Trinajstić information content (AvgIpc) is 3.14. The molecule has 3 rings (SSSR count). The zero-order chi connectivity index (χ0) is 18.5. The lowest BCUT2D eigenvalue weighted by atomic mass is 10.2. The Morgan fingerprint density at radius 1 is 1.42 bits per heavy atom. The maximum absolute atomic E-state index is 12.6. The zero-order valence-corrected chi connectivity index (χ0v) is 15.0. The van der Waals surface area contributed by atoms with Gasteiger partial charge >= 0.3 is 5.97 Å². The second kappa shape index (κ2) is 8.14. The number of aryl methyl sites for hydroxylation is 1. The van der Waals surface area contributed by atoms with Gasteiger partial charge in [0.25, 0.3) is 5.56 Å². The number of hydrogen-bond donors (Lipinski definition) is 1. The highest BCUT2D eigenvalue weighted by atomic mass is 16.5. The van der Waals surface area contributed by atoms with Crippen LogP contribution in [0.3, 0.4) is 0 Å². The number of aromatic nitrogens is 2. The number of nitrogens with one attached hydrogen (secondary N) is 1. The van der Waals surface area contributed by atoms with Gasteiger partial charge in [-0.1, -0.05) is 18.2 Å². The summed E-state index contributed by atoms with van der Waals surface area (Å²) in [6.45, 7) is 5.10. The van der Waals surface area contributed by atoms with E-state index in [1.807, 2.05) is 25.1 Å². The maximum Gasteiger partial charge on any atom is 0.360 e. The zero-order valence-electron chi connectivity index (χ0n) is 15.0. The van der Waals surface area contributed by atoms with E-state index in [2.05, 4.69) is 10.4 Å². The minimum absolute atomic E-state index is 0.0730. The SMILES string of the molecule is CCOC(=O)c1nn(-c2ccccc2C)c(=O)cc1NCC1CCCO1. The summed E-state index contributed by atoms with van der Waals surface area (Å²) in [6, 6.07) is 8.77. The van der Waals surface area contributed by atoms with Crippen LogP contribution >= 0.6 is 0 Å². The summed E-state index contributed by atoms with van der Waals surface area (Å²) < 4.78 is 11.9. The van der Waals surface area contributed by atoms with Crippen LogP contribution in [0.15, 0.2) is 35.1 Å². The van der Waals surface area contributed by atoms with Crippen molar-refractivity contribution in [2.45, 2.75) is 32.8 Å². The highest BCUT2D eigenvalue weighted by molar-refractivity contribution is 5.93. The molecule has 1 atom stereocenters. The van der Waals surface area contributed by atoms with Gasteiger partial charge in [0.05, 0.1) is 24.1 Å². The van der Waals surface area contributed by atoms with E-state index in [-0.39, 0.29) is 24.0 Å². The molecular formula is C19H23N3O4. The van der Waals surface area contributed by atoms with E-state index < -0.39 is 5.97 Å². The number of benzene rings is 1. The molecule has 0 saturated carbocycles. The molecular weight excluding hydrogens is 334 g/mol. The Labute approximate surface area is 151 Å². The summed E-state index contributed by atoms with van der Waals surface area (Å²) in [5.41, 5.74) is 1.66. The Morgan fingerprint density at radius 3 is 2.92 bits per heavy atom. The highest BCUT2D eigenvalue weighted by Crippen LogP contribution is 2.18. The van der Waals surface area contributed by atoms with E-state index in [9.17, 15) is 9.59 Å². The smallest absolute Gasteiger partial charge is 0.360 e. The fourth-order valence-corrected chi connectivity index (χ4v) is 2.94. The molecule has 0 radical (unpaired) electrons. The molecule has 1 aromatic carbocycles. The Bertz CT molecular complexity index is 841. The number of nitrogens with zero attached hydrogens (tertiary/aromatic N) is 2. The van der Waals surface area contributed by atoms with E-state index in [0.717, 1.165) is 25.0 Å². The van der Waals surface area contributed by atoms with Crippen LogP contribution in [0.25, 0.3) is 5.69 Å². The third kappa shape index (κ3) is 3.94. The summed E-state index contributed by atoms with van der Waals surface area (Å²) in [5, 5.41) is 7.42. The molecule has 7 nitrogen and oxygen atoms in total. The number of carbonyl (C=O) groups excluding carboxylic acids is 1. The molecule has 7 heteroatoms. The van der Waals surface area contributed by atoms with E-state index in [0.29, 0.717) is 17.9 Å². The fourth-order valence-electron chi connectivity index (χ4n) is 2.94. The molecule has 1 aliphatic rings. The van der Waals surface area contributed by atoms with E-state index in [4.69, 9.17) is 9.47 Å². The van der Waals surface area contributed by atoms with Gasteiger partial charge < -0.3 is 14.8 Å². The first-order valence-electron chi connectivity index (χ1n) is 8.83. The molecule has 2 heterocycles. The van der Waals surface area contributed by atoms with Gasteiger partial charge in [-0.25, -0.2) is 4.79 Å². The number of ether oxygens (including phenoxy) is 2. The lowest BCUT2D eigenvalue weighted by Gasteiger charge is -2.16. The molecule has 1 unspecified atom stereocenters. The molecule has 26 heavy (non-hydrogen) atoms. The van der Waals surface area contributed by atoms with Crippen molar-refractivity contribution >= 4 is 11.7 Å². The van der Waals surface area contributed by atoms with E-state index in [1.54, 1.807) is 13.0 Å². The van der Waals surface area contributed by atoms with Crippen LogP contribution in [0.2, 0.25) is 0 Å². The van der Waals surface area contributed by atoms with Gasteiger partial charge in [0.2, 0.25) is 0 Å². The molecule has 0 aliphatic carbocycles. The van der Waals surface area contributed by atoms with Crippen molar-refractivity contribution in [2.24, 2.45) is 0 Å². The number of esters is 1. The van der Waals surface area contributed by atoms with Crippen LogP contribution in [-0.2, 0) is 9.47 Å². The van der Waals surface area contributed by atoms with Crippen LogP contribution in [0.5, 0.6) is 0 Å². The predicted octanol–water partition coefficient (Wildman–Crippen LogP) is 2.31. The number of hydrogen-bond acceptors (Lipinski definition) is 6. The second-order valence-electron chi connectivity index (χ2n) is 6.18. The number of carbonyl (C=O) groups is 1. The standard InChI is InChI=1S/C19H23N3O4/c1-3-25-19(24)18-15(20-12-14-8-6-10-26-14)11-17(23)22(21-18)16-9-5-4-7-13(16)2/h4-5,7,9,11,14,20H,3,6,8,10,12H2,1-2H3. The summed E-state index contributed by atoms with van der Waals surface area (Å²) in [6.07, 6.45) is 2.04. The van der Waals surface area contributed by atoms with Gasteiger partial charge in [-0.05, 0) is 38.3 Å². The van der Waals surface area contributed by atoms with Gasteiger partial charge in [-0.2, -0.15) is 9.78 Å². The summed E-state index contributed by atoms with van der Waals surface area (Å²) in [5.74, 6) is -0.565. The minimum Gasteiger partial charge on any atom is -0.461 e. The summed E-state index contributed by atoms with van der Waals surface area (Å²) in [4.78, 5) is 25.0. The van der Waals surface area contributed by atoms with Crippen LogP contribution in [0.4, 0.5) is 5.69 Å². The summed E-state index contributed by atoms with van der Waals surface area (Å²) >= 11 is 0. The molecule has 1 aromatic heterocycles. The Kier molecular flexibility index (Phi) is 5.68. The average molecular weight is 357 g/mol. The second-order valence-corrected chi connectivity index (χ2v) is 6.18. The Hall–Kier alpha value is -2.67. The third-order valence-electron chi connectivity index (χ3n) is 4.29. The molecule has 2 aromatic rings. The van der Waals surface area contributed by atoms with Crippen LogP contribution in [0, 0.1) is 6.92 Å². The quantitative estimate of drug-likeness (QED) is 0.799. The predicted molar refractivity (Wildman–Crippen MR) is 98.0 cm³/mol. The molecule has 1 fully saturated rings. The number of para-hydroxylation sites is 1. The number of anilines is 1. The summed E-state index contributed by atoms with van der Waals surface area (Å²) in [7, 11) is 0. The first-order valence-corrected chi connectivity index (χ1v) is 8.83.